The standard InChI is InChI=1S/C9H18S/c1-6-8-9(7-2)10(3,4)5/h6-8H,1-5H3/b8-6-,9-7+. The van der Waals surface area contributed by atoms with Crippen LogP contribution in [0.5, 0.6) is 0 Å². The van der Waals surface area contributed by atoms with Crippen molar-refractivity contribution in [1.29, 1.82) is 0 Å². The van der Waals surface area contributed by atoms with Crippen molar-refractivity contribution in [1.82, 2.24) is 0 Å². The molecule has 1 heteroatoms. The summed E-state index contributed by atoms with van der Waals surface area (Å²) in [5, 5.41) is 0. The van der Waals surface area contributed by atoms with Crippen LogP contribution < -0.4 is 0 Å². The third kappa shape index (κ3) is 3.11. The van der Waals surface area contributed by atoms with Crippen molar-refractivity contribution in [3.63, 3.8) is 0 Å². The molecule has 10 heavy (non-hydrogen) atoms. The normalized spacial score (nSPS) is 16.3. The molecule has 0 amide bonds. The van der Waals surface area contributed by atoms with E-state index >= 15 is 0 Å². The van der Waals surface area contributed by atoms with E-state index in [2.05, 4.69) is 50.8 Å². The summed E-state index contributed by atoms with van der Waals surface area (Å²) in [4.78, 5) is 1.48. The van der Waals surface area contributed by atoms with E-state index in [1.165, 1.54) is 4.91 Å². The predicted molar refractivity (Wildman–Crippen MR) is 53.9 cm³/mol. The first-order valence-electron chi connectivity index (χ1n) is 3.49. The first-order valence-corrected chi connectivity index (χ1v) is 6.35. The predicted octanol–water partition coefficient (Wildman–Crippen LogP) is 3.16. The molecular weight excluding hydrogens is 140 g/mol. The molecule has 0 rings (SSSR count). The summed E-state index contributed by atoms with van der Waals surface area (Å²) in [5.74, 6) is 0. The lowest BCUT2D eigenvalue weighted by atomic mass is 10.4. The Hall–Kier alpha value is -0.170. The largest absolute Gasteiger partial charge is 0.224 e. The van der Waals surface area contributed by atoms with Crippen LogP contribution in [0, 0.1) is 0 Å². The topological polar surface area (TPSA) is 0 Å². The van der Waals surface area contributed by atoms with Gasteiger partial charge in [0.25, 0.3) is 0 Å². The van der Waals surface area contributed by atoms with Gasteiger partial charge in [-0.1, -0.05) is 18.2 Å². The third-order valence-corrected chi connectivity index (χ3v) is 3.11. The molecule has 0 radical (unpaired) electrons. The molecule has 60 valence electrons. The van der Waals surface area contributed by atoms with E-state index in [1.807, 2.05) is 0 Å². The van der Waals surface area contributed by atoms with Gasteiger partial charge in [-0.25, -0.2) is 10.0 Å². The Labute approximate surface area is 66.3 Å². The Balaban J connectivity index is 4.39. The molecule has 0 aliphatic rings. The highest BCUT2D eigenvalue weighted by Crippen LogP contribution is 2.44. The van der Waals surface area contributed by atoms with Crippen LogP contribution in [0.4, 0.5) is 0 Å². The number of hydrogen-bond donors (Lipinski definition) is 0. The summed E-state index contributed by atoms with van der Waals surface area (Å²) >= 11 is 0. The van der Waals surface area contributed by atoms with E-state index in [9.17, 15) is 0 Å². The summed E-state index contributed by atoms with van der Waals surface area (Å²) in [6.07, 6.45) is 13.4. The fourth-order valence-electron chi connectivity index (χ4n) is 0.818. The van der Waals surface area contributed by atoms with Crippen LogP contribution in [0.2, 0.25) is 0 Å². The van der Waals surface area contributed by atoms with Gasteiger partial charge in [-0.15, -0.1) is 0 Å². The zero-order chi connectivity index (χ0) is 8.20. The highest BCUT2D eigenvalue weighted by Gasteiger charge is 2.05. The summed E-state index contributed by atoms with van der Waals surface area (Å²) < 4.78 is 0. The molecule has 0 unspecified atom stereocenters. The second-order valence-electron chi connectivity index (χ2n) is 3.03. The van der Waals surface area contributed by atoms with Crippen LogP contribution in [-0.2, 0) is 0 Å². The Morgan fingerprint density at radius 3 is 1.70 bits per heavy atom. The smallest absolute Gasteiger partial charge is 0.0153 e. The minimum absolute atomic E-state index is 0.503. The molecule has 0 aromatic heterocycles. The lowest BCUT2D eigenvalue weighted by Crippen LogP contribution is -1.92. The Kier molecular flexibility index (Phi) is 3.80. The van der Waals surface area contributed by atoms with Gasteiger partial charge < -0.3 is 0 Å². The van der Waals surface area contributed by atoms with Gasteiger partial charge in [0.2, 0.25) is 0 Å². The zero-order valence-electron chi connectivity index (χ0n) is 7.64. The van der Waals surface area contributed by atoms with Crippen molar-refractivity contribution in [3.8, 4) is 0 Å². The molecular formula is C9H18S. The van der Waals surface area contributed by atoms with Crippen molar-refractivity contribution in [3.05, 3.63) is 23.1 Å². The summed E-state index contributed by atoms with van der Waals surface area (Å²) in [5.41, 5.74) is 0. The fourth-order valence-corrected chi connectivity index (χ4v) is 2.07. The number of rotatable bonds is 2. The molecule has 0 spiro atoms. The maximum Gasteiger partial charge on any atom is -0.0153 e. The average Bonchev–Trinajstić information content (AvgIpc) is 1.80. The highest BCUT2D eigenvalue weighted by atomic mass is 32.3. The summed E-state index contributed by atoms with van der Waals surface area (Å²) in [7, 11) is -0.503. The van der Waals surface area contributed by atoms with E-state index in [0.29, 0.717) is 0 Å². The summed E-state index contributed by atoms with van der Waals surface area (Å²) in [6.45, 7) is 4.17. The van der Waals surface area contributed by atoms with Gasteiger partial charge in [0.1, 0.15) is 0 Å². The van der Waals surface area contributed by atoms with Gasteiger partial charge in [0.15, 0.2) is 0 Å². The van der Waals surface area contributed by atoms with Crippen molar-refractivity contribution < 1.29 is 0 Å². The number of hydrogen-bond acceptors (Lipinski definition) is 0. The van der Waals surface area contributed by atoms with Gasteiger partial charge in [0, 0.05) is 0 Å². The molecule has 0 aliphatic heterocycles. The minimum atomic E-state index is -0.503. The fraction of sp³-hybridized carbons (Fsp3) is 0.556. The molecule has 0 atom stereocenters. The van der Waals surface area contributed by atoms with Gasteiger partial charge >= 0.3 is 0 Å². The van der Waals surface area contributed by atoms with Crippen LogP contribution in [0.25, 0.3) is 0 Å². The Bertz CT molecular complexity index is 147. The molecule has 0 fully saturated rings. The first-order chi connectivity index (χ1) is 4.52. The SMILES string of the molecule is C/C=C\C(=C/C)S(C)(C)C. The van der Waals surface area contributed by atoms with Crippen LogP contribution in [0.15, 0.2) is 23.1 Å². The third-order valence-electron chi connectivity index (χ3n) is 1.32. The quantitative estimate of drug-likeness (QED) is 0.542. The lowest BCUT2D eigenvalue weighted by Gasteiger charge is -2.26. The van der Waals surface area contributed by atoms with Crippen molar-refractivity contribution in [2.45, 2.75) is 13.8 Å². The highest BCUT2D eigenvalue weighted by molar-refractivity contribution is 8.35. The van der Waals surface area contributed by atoms with Crippen LogP contribution in [0.1, 0.15) is 13.8 Å². The molecule has 0 heterocycles. The van der Waals surface area contributed by atoms with E-state index in [0.717, 1.165) is 0 Å². The molecule has 0 aromatic carbocycles. The molecule has 0 saturated carbocycles. The minimum Gasteiger partial charge on any atom is -0.224 e. The molecule has 0 bridgehead atoms. The molecule has 0 nitrogen and oxygen atoms in total. The Morgan fingerprint density at radius 2 is 1.60 bits per heavy atom. The molecule has 0 aromatic rings. The number of allylic oxidation sites excluding steroid dienone is 3. The van der Waals surface area contributed by atoms with Crippen molar-refractivity contribution in [2.24, 2.45) is 0 Å². The first kappa shape index (κ1) is 9.83. The van der Waals surface area contributed by atoms with Gasteiger partial charge in [-0.2, -0.15) is 0 Å². The van der Waals surface area contributed by atoms with Gasteiger partial charge in [-0.3, -0.25) is 0 Å². The molecule has 0 saturated heterocycles. The van der Waals surface area contributed by atoms with E-state index in [-0.39, 0.29) is 0 Å². The van der Waals surface area contributed by atoms with Gasteiger partial charge in [-0.05, 0) is 37.5 Å². The van der Waals surface area contributed by atoms with Crippen LogP contribution >= 0.6 is 10.0 Å². The summed E-state index contributed by atoms with van der Waals surface area (Å²) in [6, 6.07) is 0. The Morgan fingerprint density at radius 1 is 1.10 bits per heavy atom. The molecule has 0 aliphatic carbocycles. The molecule has 0 N–H and O–H groups in total. The van der Waals surface area contributed by atoms with E-state index in [1.54, 1.807) is 0 Å². The maximum absolute atomic E-state index is 2.31. The van der Waals surface area contributed by atoms with Gasteiger partial charge in [0.05, 0.1) is 0 Å². The van der Waals surface area contributed by atoms with E-state index < -0.39 is 10.0 Å². The maximum atomic E-state index is 2.31. The van der Waals surface area contributed by atoms with E-state index in [4.69, 9.17) is 0 Å². The second kappa shape index (κ2) is 3.87. The monoisotopic (exact) mass is 158 g/mol. The van der Waals surface area contributed by atoms with Crippen molar-refractivity contribution in [2.75, 3.05) is 18.8 Å². The van der Waals surface area contributed by atoms with Crippen molar-refractivity contribution >= 4 is 10.0 Å². The lowest BCUT2D eigenvalue weighted by molar-refractivity contribution is 1.64. The zero-order valence-corrected chi connectivity index (χ0v) is 8.46. The average molecular weight is 158 g/mol. The van der Waals surface area contributed by atoms with Crippen LogP contribution in [-0.4, -0.2) is 18.8 Å². The van der Waals surface area contributed by atoms with Crippen LogP contribution in [0.3, 0.4) is 0 Å². The second-order valence-corrected chi connectivity index (χ2v) is 7.17.